The molecule has 2 aliphatic heterocycles. The Hall–Kier alpha value is -2.54. The smallest absolute Gasteiger partial charge is 0.240 e. The fraction of sp³-hybridized carbons (Fsp3) is 0.150. The summed E-state index contributed by atoms with van der Waals surface area (Å²) in [4.78, 5) is 25.7. The van der Waals surface area contributed by atoms with Crippen molar-refractivity contribution in [3.05, 3.63) is 74.4 Å². The molecule has 0 saturated carbocycles. The summed E-state index contributed by atoms with van der Waals surface area (Å²) in [5, 5.41) is 11.7. The van der Waals surface area contributed by atoms with E-state index in [4.69, 9.17) is 34.8 Å². The fourth-order valence-electron chi connectivity index (χ4n) is 4.05. The van der Waals surface area contributed by atoms with E-state index in [0.29, 0.717) is 44.2 Å². The molecule has 3 aromatic rings. The molecule has 0 fully saturated rings. The van der Waals surface area contributed by atoms with Crippen molar-refractivity contribution in [3.8, 4) is 0 Å². The number of anilines is 2. The largest absolute Gasteiger partial charge is 0.325 e. The van der Waals surface area contributed by atoms with Crippen molar-refractivity contribution < 1.29 is 9.59 Å². The van der Waals surface area contributed by atoms with Crippen LogP contribution in [-0.2, 0) is 21.5 Å². The first kappa shape index (κ1) is 18.5. The van der Waals surface area contributed by atoms with Crippen LogP contribution in [0.4, 0.5) is 11.5 Å². The molecule has 0 bridgehead atoms. The molecule has 0 radical (unpaired) electrons. The molecule has 1 atom stereocenters. The van der Waals surface area contributed by atoms with E-state index in [-0.39, 0.29) is 18.2 Å². The van der Waals surface area contributed by atoms with Crippen LogP contribution in [0, 0.1) is 0 Å². The van der Waals surface area contributed by atoms with E-state index < -0.39 is 5.41 Å². The van der Waals surface area contributed by atoms with Crippen LogP contribution in [-0.4, -0.2) is 21.6 Å². The van der Waals surface area contributed by atoms with Gasteiger partial charge in [-0.15, -0.1) is 0 Å². The van der Waals surface area contributed by atoms with Crippen molar-refractivity contribution in [1.29, 1.82) is 0 Å². The summed E-state index contributed by atoms with van der Waals surface area (Å²) in [5.41, 5.74) is 1.57. The number of carbonyl (C=O) groups excluding carboxylic acids is 2. The molecule has 1 spiro atoms. The highest BCUT2D eigenvalue weighted by Gasteiger charge is 2.54. The van der Waals surface area contributed by atoms with E-state index >= 15 is 0 Å². The lowest BCUT2D eigenvalue weighted by Gasteiger charge is -2.31. The molecule has 6 nitrogen and oxygen atoms in total. The highest BCUT2D eigenvalue weighted by atomic mass is 35.5. The average molecular weight is 448 g/mol. The molecule has 3 heterocycles. The Kier molecular flexibility index (Phi) is 4.13. The van der Waals surface area contributed by atoms with Gasteiger partial charge in [-0.1, -0.05) is 40.9 Å². The predicted molar refractivity (Wildman–Crippen MR) is 112 cm³/mol. The van der Waals surface area contributed by atoms with Gasteiger partial charge in [0.05, 0.1) is 12.7 Å². The number of amides is 2. The van der Waals surface area contributed by atoms with Crippen molar-refractivity contribution >= 4 is 58.1 Å². The van der Waals surface area contributed by atoms with Gasteiger partial charge < -0.3 is 10.6 Å². The van der Waals surface area contributed by atoms with Crippen LogP contribution < -0.4 is 10.6 Å². The monoisotopic (exact) mass is 446 g/mol. The van der Waals surface area contributed by atoms with E-state index in [2.05, 4.69) is 15.7 Å². The molecular formula is C20H13Cl3N4O2. The molecule has 2 aliphatic rings. The van der Waals surface area contributed by atoms with Crippen LogP contribution in [0.15, 0.2) is 42.6 Å². The number of nitrogens with zero attached hydrogens (tertiary/aromatic N) is 2. The van der Waals surface area contributed by atoms with Gasteiger partial charge in [-0.05, 0) is 41.5 Å². The zero-order valence-electron chi connectivity index (χ0n) is 14.8. The number of hydrogen-bond acceptors (Lipinski definition) is 3. The lowest BCUT2D eigenvalue weighted by molar-refractivity contribution is -0.125. The van der Waals surface area contributed by atoms with Crippen LogP contribution in [0.3, 0.4) is 0 Å². The Morgan fingerprint density at radius 2 is 1.76 bits per heavy atom. The molecule has 0 aliphatic carbocycles. The maximum absolute atomic E-state index is 13.1. The van der Waals surface area contributed by atoms with E-state index in [1.54, 1.807) is 47.3 Å². The van der Waals surface area contributed by atoms with Gasteiger partial charge in [0, 0.05) is 32.7 Å². The quantitative estimate of drug-likeness (QED) is 0.608. The number of fused-ring (bicyclic) bond motifs is 4. The van der Waals surface area contributed by atoms with Crippen molar-refractivity contribution in [1.82, 2.24) is 9.78 Å². The zero-order valence-corrected chi connectivity index (χ0v) is 17.1. The summed E-state index contributed by atoms with van der Waals surface area (Å²) in [6.45, 7) is 0.311. The molecule has 146 valence electrons. The maximum atomic E-state index is 13.1. The number of benzene rings is 2. The SMILES string of the molecule is O=C1C[C@]2(C(=O)Nc3ccc(Cl)cc32)c2cnn(Cc3ccc(Cl)cc3Cl)c2N1. The first-order valence-corrected chi connectivity index (χ1v) is 9.93. The van der Waals surface area contributed by atoms with Crippen LogP contribution in [0.25, 0.3) is 0 Å². The van der Waals surface area contributed by atoms with E-state index in [1.807, 2.05) is 0 Å². The van der Waals surface area contributed by atoms with Crippen LogP contribution in [0.2, 0.25) is 15.1 Å². The van der Waals surface area contributed by atoms with Gasteiger partial charge in [-0.25, -0.2) is 4.68 Å². The van der Waals surface area contributed by atoms with Gasteiger partial charge in [0.25, 0.3) is 0 Å². The zero-order chi connectivity index (χ0) is 20.3. The molecule has 9 heteroatoms. The van der Waals surface area contributed by atoms with Crippen molar-refractivity contribution in [2.75, 3.05) is 10.6 Å². The summed E-state index contributed by atoms with van der Waals surface area (Å²) in [5.74, 6) is -0.0744. The summed E-state index contributed by atoms with van der Waals surface area (Å²) in [6.07, 6.45) is 1.60. The van der Waals surface area contributed by atoms with E-state index in [0.717, 1.165) is 5.56 Å². The summed E-state index contributed by atoms with van der Waals surface area (Å²) in [7, 11) is 0. The lowest BCUT2D eigenvalue weighted by Crippen LogP contribution is -2.43. The minimum atomic E-state index is -1.17. The van der Waals surface area contributed by atoms with Crippen LogP contribution >= 0.6 is 34.8 Å². The summed E-state index contributed by atoms with van der Waals surface area (Å²) < 4.78 is 1.62. The van der Waals surface area contributed by atoms with Crippen LogP contribution in [0.5, 0.6) is 0 Å². The highest BCUT2D eigenvalue weighted by Crippen LogP contribution is 2.50. The van der Waals surface area contributed by atoms with Crippen LogP contribution in [0.1, 0.15) is 23.1 Å². The van der Waals surface area contributed by atoms with E-state index in [1.165, 1.54) is 0 Å². The van der Waals surface area contributed by atoms with Gasteiger partial charge in [0.15, 0.2) is 0 Å². The summed E-state index contributed by atoms with van der Waals surface area (Å²) in [6, 6.07) is 10.4. The number of halogens is 3. The second-order valence-electron chi connectivity index (χ2n) is 7.07. The molecule has 2 aromatic carbocycles. The minimum Gasteiger partial charge on any atom is -0.325 e. The predicted octanol–water partition coefficient (Wildman–Crippen LogP) is 4.47. The van der Waals surface area contributed by atoms with Gasteiger partial charge >= 0.3 is 0 Å². The standard InChI is InChI=1S/C20H13Cl3N4O2/c21-11-3-4-16-13(5-11)20(19(29)25-16)7-17(28)26-18-14(20)8-24-27(18)9-10-1-2-12(22)6-15(10)23/h1-6,8H,7,9H2,(H,25,29)(H,26,28)/t20-/m1/s1. The first-order valence-electron chi connectivity index (χ1n) is 8.80. The van der Waals surface area contributed by atoms with Gasteiger partial charge in [0.1, 0.15) is 11.2 Å². The maximum Gasteiger partial charge on any atom is 0.240 e. The molecular weight excluding hydrogens is 435 g/mol. The first-order chi connectivity index (χ1) is 13.9. The third-order valence-corrected chi connectivity index (χ3v) is 6.22. The number of carbonyl (C=O) groups is 2. The van der Waals surface area contributed by atoms with E-state index in [9.17, 15) is 9.59 Å². The number of aromatic nitrogens is 2. The molecule has 0 unspecified atom stereocenters. The molecule has 0 saturated heterocycles. The Balaban J connectivity index is 1.65. The Bertz CT molecular complexity index is 1210. The summed E-state index contributed by atoms with van der Waals surface area (Å²) >= 11 is 18.5. The Morgan fingerprint density at radius 3 is 2.55 bits per heavy atom. The van der Waals surface area contributed by atoms with Gasteiger partial charge in [-0.2, -0.15) is 5.10 Å². The topological polar surface area (TPSA) is 76.0 Å². The van der Waals surface area contributed by atoms with Crippen molar-refractivity contribution in [2.45, 2.75) is 18.4 Å². The molecule has 2 amide bonds. The third-order valence-electron chi connectivity index (χ3n) is 5.40. The van der Waals surface area contributed by atoms with Gasteiger partial charge in [0.2, 0.25) is 11.8 Å². The molecule has 1 aromatic heterocycles. The Labute approximate surface area is 180 Å². The number of rotatable bonds is 2. The highest BCUT2D eigenvalue weighted by molar-refractivity contribution is 6.35. The molecule has 2 N–H and O–H groups in total. The average Bonchev–Trinajstić information content (AvgIpc) is 3.18. The van der Waals surface area contributed by atoms with Gasteiger partial charge in [-0.3, -0.25) is 9.59 Å². The molecule has 5 rings (SSSR count). The third kappa shape index (κ3) is 2.74. The Morgan fingerprint density at radius 1 is 1.00 bits per heavy atom. The van der Waals surface area contributed by atoms with Crippen molar-refractivity contribution in [2.24, 2.45) is 0 Å². The van der Waals surface area contributed by atoms with Crippen molar-refractivity contribution in [3.63, 3.8) is 0 Å². The molecule has 29 heavy (non-hydrogen) atoms. The lowest BCUT2D eigenvalue weighted by atomic mass is 9.72. The second-order valence-corrected chi connectivity index (χ2v) is 8.35. The fourth-order valence-corrected chi connectivity index (χ4v) is 4.69. The number of nitrogens with one attached hydrogen (secondary N) is 2. The minimum absolute atomic E-state index is 0.0213. The normalized spacial score (nSPS) is 19.7. The second kappa shape index (κ2) is 6.49. The number of hydrogen-bond donors (Lipinski definition) is 2.